The Balaban J connectivity index is 2.62. The fourth-order valence-corrected chi connectivity index (χ4v) is 2.34. The quantitative estimate of drug-likeness (QED) is 0.741. The highest BCUT2D eigenvalue weighted by Gasteiger charge is 2.43. The van der Waals surface area contributed by atoms with Crippen molar-refractivity contribution in [2.24, 2.45) is 5.92 Å². The van der Waals surface area contributed by atoms with Gasteiger partial charge in [-0.05, 0) is 59.8 Å². The number of ether oxygens (including phenoxy) is 1. The highest BCUT2D eigenvalue weighted by molar-refractivity contribution is 5.93. The van der Waals surface area contributed by atoms with Crippen molar-refractivity contribution in [2.45, 2.75) is 71.9 Å². The van der Waals surface area contributed by atoms with Crippen LogP contribution in [0.25, 0.3) is 0 Å². The summed E-state index contributed by atoms with van der Waals surface area (Å²) in [6, 6.07) is 0. The van der Waals surface area contributed by atoms with Gasteiger partial charge in [0.05, 0.1) is 5.54 Å². The summed E-state index contributed by atoms with van der Waals surface area (Å²) in [5.41, 5.74) is -0.243. The lowest BCUT2D eigenvalue weighted by molar-refractivity contribution is -0.119. The standard InChI is InChI=1S/C17H30N2O3/c1-7-8-12(2)14(20)19-17(6,13-9-10-13)11-18-15(21)22-16(3,4)5/h8,13H,7,9-11H2,1-6H3,(H,18,21)(H,19,20). The molecule has 0 spiro atoms. The molecule has 0 aromatic heterocycles. The van der Waals surface area contributed by atoms with Gasteiger partial charge in [0.2, 0.25) is 5.91 Å². The second-order valence-corrected chi connectivity index (χ2v) is 7.30. The van der Waals surface area contributed by atoms with Gasteiger partial charge in [0, 0.05) is 12.1 Å². The minimum Gasteiger partial charge on any atom is -0.444 e. The third-order valence-electron chi connectivity index (χ3n) is 3.74. The zero-order chi connectivity index (χ0) is 17.0. The Kier molecular flexibility index (Phi) is 6.03. The van der Waals surface area contributed by atoms with Gasteiger partial charge in [0.15, 0.2) is 0 Å². The number of alkyl carbamates (subject to hydrolysis) is 1. The summed E-state index contributed by atoms with van der Waals surface area (Å²) in [6.07, 6.45) is 4.43. The zero-order valence-corrected chi connectivity index (χ0v) is 14.7. The normalized spacial score (nSPS) is 18.4. The molecule has 22 heavy (non-hydrogen) atoms. The van der Waals surface area contributed by atoms with Crippen molar-refractivity contribution in [1.82, 2.24) is 10.6 Å². The van der Waals surface area contributed by atoms with Crippen LogP contribution in [-0.2, 0) is 9.53 Å². The SMILES string of the molecule is CCC=C(C)C(=O)NC(C)(CNC(=O)OC(C)(C)C)C1CC1. The van der Waals surface area contributed by atoms with Gasteiger partial charge in [-0.25, -0.2) is 4.79 Å². The maximum Gasteiger partial charge on any atom is 0.407 e. The number of nitrogens with one attached hydrogen (secondary N) is 2. The number of hydrogen-bond acceptors (Lipinski definition) is 3. The average molecular weight is 310 g/mol. The van der Waals surface area contributed by atoms with Gasteiger partial charge in [-0.2, -0.15) is 0 Å². The van der Waals surface area contributed by atoms with E-state index >= 15 is 0 Å². The molecule has 1 unspecified atom stereocenters. The Labute approximate surface area is 133 Å². The van der Waals surface area contributed by atoms with Crippen molar-refractivity contribution in [3.63, 3.8) is 0 Å². The molecule has 1 fully saturated rings. The molecule has 2 amide bonds. The summed E-state index contributed by atoms with van der Waals surface area (Å²) in [5.74, 6) is 0.336. The molecule has 1 aliphatic rings. The summed E-state index contributed by atoms with van der Waals surface area (Å²) in [7, 11) is 0. The van der Waals surface area contributed by atoms with Gasteiger partial charge in [-0.15, -0.1) is 0 Å². The Bertz CT molecular complexity index is 447. The fourth-order valence-electron chi connectivity index (χ4n) is 2.34. The molecule has 0 aliphatic heterocycles. The molecular weight excluding hydrogens is 280 g/mol. The lowest BCUT2D eigenvalue weighted by Gasteiger charge is -2.32. The van der Waals surface area contributed by atoms with E-state index in [9.17, 15) is 9.59 Å². The van der Waals surface area contributed by atoms with Crippen LogP contribution < -0.4 is 10.6 Å². The molecule has 1 aliphatic carbocycles. The minimum absolute atomic E-state index is 0.0674. The van der Waals surface area contributed by atoms with Crippen LogP contribution >= 0.6 is 0 Å². The van der Waals surface area contributed by atoms with Gasteiger partial charge in [0.1, 0.15) is 5.60 Å². The molecule has 1 saturated carbocycles. The number of carbonyl (C=O) groups excluding carboxylic acids is 2. The van der Waals surface area contributed by atoms with Crippen LogP contribution in [0, 0.1) is 5.92 Å². The summed E-state index contributed by atoms with van der Waals surface area (Å²) in [6.45, 7) is 11.7. The van der Waals surface area contributed by atoms with Crippen LogP contribution in [0.4, 0.5) is 4.79 Å². The maximum atomic E-state index is 12.2. The first-order chi connectivity index (χ1) is 10.1. The molecule has 1 atom stereocenters. The van der Waals surface area contributed by atoms with Crippen molar-refractivity contribution in [1.29, 1.82) is 0 Å². The van der Waals surface area contributed by atoms with E-state index in [2.05, 4.69) is 10.6 Å². The van der Waals surface area contributed by atoms with E-state index in [1.165, 1.54) is 0 Å². The monoisotopic (exact) mass is 310 g/mol. The van der Waals surface area contributed by atoms with Crippen LogP contribution in [0.1, 0.15) is 60.8 Å². The van der Waals surface area contributed by atoms with Gasteiger partial charge in [-0.1, -0.05) is 13.0 Å². The third kappa shape index (κ3) is 6.08. The molecule has 126 valence electrons. The summed E-state index contributed by atoms with van der Waals surface area (Å²) < 4.78 is 5.25. The van der Waals surface area contributed by atoms with Crippen molar-refractivity contribution in [2.75, 3.05) is 6.54 Å². The molecule has 2 N–H and O–H groups in total. The second kappa shape index (κ2) is 7.16. The van der Waals surface area contributed by atoms with Crippen molar-refractivity contribution in [3.8, 4) is 0 Å². The predicted octanol–water partition coefficient (Wildman–Crippen LogP) is 3.15. The number of hydrogen-bond donors (Lipinski definition) is 2. The number of amides is 2. The van der Waals surface area contributed by atoms with Crippen LogP contribution in [0.3, 0.4) is 0 Å². The van der Waals surface area contributed by atoms with E-state index in [0.717, 1.165) is 19.3 Å². The van der Waals surface area contributed by atoms with Gasteiger partial charge < -0.3 is 15.4 Å². The molecule has 0 aromatic rings. The molecule has 1 rings (SSSR count). The summed E-state index contributed by atoms with van der Waals surface area (Å²) >= 11 is 0. The molecule has 5 heteroatoms. The zero-order valence-electron chi connectivity index (χ0n) is 14.7. The van der Waals surface area contributed by atoms with Crippen LogP contribution in [0.5, 0.6) is 0 Å². The lowest BCUT2D eigenvalue weighted by Crippen LogP contribution is -2.55. The van der Waals surface area contributed by atoms with Crippen LogP contribution in [-0.4, -0.2) is 29.7 Å². The lowest BCUT2D eigenvalue weighted by atomic mass is 9.95. The third-order valence-corrected chi connectivity index (χ3v) is 3.74. The van der Waals surface area contributed by atoms with Crippen LogP contribution in [0.15, 0.2) is 11.6 Å². The number of carbonyl (C=O) groups is 2. The van der Waals surface area contributed by atoms with Gasteiger partial charge in [0.25, 0.3) is 0 Å². The van der Waals surface area contributed by atoms with Gasteiger partial charge >= 0.3 is 6.09 Å². The topological polar surface area (TPSA) is 67.4 Å². The van der Waals surface area contributed by atoms with E-state index < -0.39 is 17.2 Å². The van der Waals surface area contributed by atoms with Crippen molar-refractivity contribution < 1.29 is 14.3 Å². The smallest absolute Gasteiger partial charge is 0.407 e. The average Bonchev–Trinajstić information content (AvgIpc) is 3.19. The summed E-state index contributed by atoms with van der Waals surface area (Å²) in [4.78, 5) is 24.0. The summed E-state index contributed by atoms with van der Waals surface area (Å²) in [5, 5.41) is 5.86. The number of rotatable bonds is 6. The largest absolute Gasteiger partial charge is 0.444 e. The van der Waals surface area contributed by atoms with E-state index in [1.807, 2.05) is 47.6 Å². The molecule has 0 saturated heterocycles. The van der Waals surface area contributed by atoms with E-state index in [4.69, 9.17) is 4.74 Å². The first-order valence-electron chi connectivity index (χ1n) is 8.03. The van der Waals surface area contributed by atoms with E-state index in [1.54, 1.807) is 0 Å². The molecule has 5 nitrogen and oxygen atoms in total. The Morgan fingerprint density at radius 3 is 2.27 bits per heavy atom. The van der Waals surface area contributed by atoms with E-state index in [0.29, 0.717) is 18.0 Å². The Morgan fingerprint density at radius 1 is 1.23 bits per heavy atom. The molecule has 0 bridgehead atoms. The second-order valence-electron chi connectivity index (χ2n) is 7.30. The van der Waals surface area contributed by atoms with Gasteiger partial charge in [-0.3, -0.25) is 4.79 Å². The molecular formula is C17H30N2O3. The first kappa shape index (κ1) is 18.5. The van der Waals surface area contributed by atoms with Crippen molar-refractivity contribution in [3.05, 3.63) is 11.6 Å². The number of allylic oxidation sites excluding steroid dienone is 1. The highest BCUT2D eigenvalue weighted by atomic mass is 16.6. The Morgan fingerprint density at radius 2 is 1.82 bits per heavy atom. The Hall–Kier alpha value is -1.52. The first-order valence-corrected chi connectivity index (χ1v) is 8.03. The van der Waals surface area contributed by atoms with Crippen LogP contribution in [0.2, 0.25) is 0 Å². The highest BCUT2D eigenvalue weighted by Crippen LogP contribution is 2.39. The predicted molar refractivity (Wildman–Crippen MR) is 87.6 cm³/mol. The molecule has 0 aromatic carbocycles. The van der Waals surface area contributed by atoms with Crippen molar-refractivity contribution >= 4 is 12.0 Å². The maximum absolute atomic E-state index is 12.2. The molecule has 0 heterocycles. The minimum atomic E-state index is -0.524. The van der Waals surface area contributed by atoms with E-state index in [-0.39, 0.29) is 5.91 Å². The molecule has 0 radical (unpaired) electrons. The fraction of sp³-hybridized carbons (Fsp3) is 0.765.